The monoisotopic (exact) mass is 355 g/mol. The summed E-state index contributed by atoms with van der Waals surface area (Å²) in [5.74, 6) is -1.23. The van der Waals surface area contributed by atoms with Gasteiger partial charge in [0.2, 0.25) is 0 Å². The topological polar surface area (TPSA) is 92.7 Å². The van der Waals surface area contributed by atoms with E-state index in [4.69, 9.17) is 4.74 Å². The molecular formula is C9H10BrNO5S2. The Morgan fingerprint density at radius 3 is 2.78 bits per heavy atom. The lowest BCUT2D eigenvalue weighted by Crippen LogP contribution is -2.54. The molecule has 1 aliphatic rings. The molecule has 2 N–H and O–H groups in total. The van der Waals surface area contributed by atoms with Gasteiger partial charge in [0.1, 0.15) is 4.21 Å². The summed E-state index contributed by atoms with van der Waals surface area (Å²) < 4.78 is 32.0. The van der Waals surface area contributed by atoms with E-state index in [-0.39, 0.29) is 23.8 Å². The third kappa shape index (κ3) is 2.45. The highest BCUT2D eigenvalue weighted by atomic mass is 79.9. The van der Waals surface area contributed by atoms with E-state index in [9.17, 15) is 18.3 Å². The Bertz CT molecular complexity index is 561. The van der Waals surface area contributed by atoms with Crippen LogP contribution < -0.4 is 4.72 Å². The third-order valence-corrected chi connectivity index (χ3v) is 6.80. The Hall–Kier alpha value is -0.480. The molecule has 100 valence electrons. The van der Waals surface area contributed by atoms with Gasteiger partial charge in [0.05, 0.1) is 6.61 Å². The zero-order chi connectivity index (χ0) is 13.4. The first-order valence-corrected chi connectivity index (χ1v) is 8.11. The number of carbonyl (C=O) groups is 1. The van der Waals surface area contributed by atoms with Crippen molar-refractivity contribution in [3.8, 4) is 0 Å². The maximum absolute atomic E-state index is 12.1. The van der Waals surface area contributed by atoms with Crippen LogP contribution in [-0.2, 0) is 19.6 Å². The molecule has 2 rings (SSSR count). The molecule has 0 aliphatic carbocycles. The molecule has 1 fully saturated rings. The average Bonchev–Trinajstić information content (AvgIpc) is 2.87. The van der Waals surface area contributed by atoms with Gasteiger partial charge in [0, 0.05) is 17.5 Å². The van der Waals surface area contributed by atoms with Crippen LogP contribution in [0.3, 0.4) is 0 Å². The number of hydrogen-bond donors (Lipinski definition) is 2. The van der Waals surface area contributed by atoms with Gasteiger partial charge in [-0.05, 0) is 27.4 Å². The molecule has 0 bridgehead atoms. The first-order valence-electron chi connectivity index (χ1n) is 4.95. The third-order valence-electron chi connectivity index (χ3n) is 2.59. The maximum Gasteiger partial charge on any atom is 0.327 e. The molecule has 1 aliphatic heterocycles. The van der Waals surface area contributed by atoms with E-state index in [1.165, 1.54) is 0 Å². The number of hydrogen-bond acceptors (Lipinski definition) is 5. The van der Waals surface area contributed by atoms with Crippen molar-refractivity contribution in [3.05, 3.63) is 15.9 Å². The number of carboxylic acids is 1. The molecule has 0 radical (unpaired) electrons. The Labute approximate surface area is 116 Å². The molecule has 0 spiro atoms. The molecule has 1 saturated heterocycles. The van der Waals surface area contributed by atoms with E-state index in [1.807, 2.05) is 0 Å². The second-order valence-corrected chi connectivity index (χ2v) is 7.50. The van der Waals surface area contributed by atoms with Crippen molar-refractivity contribution >= 4 is 43.3 Å². The number of thiophene rings is 1. The summed E-state index contributed by atoms with van der Waals surface area (Å²) in [6.45, 7) is 0.0605. The van der Waals surface area contributed by atoms with Crippen LogP contribution in [0.1, 0.15) is 6.42 Å². The first kappa shape index (κ1) is 13.9. The zero-order valence-electron chi connectivity index (χ0n) is 9.05. The van der Waals surface area contributed by atoms with Gasteiger partial charge < -0.3 is 9.84 Å². The minimum absolute atomic E-state index is 0.0648. The molecule has 9 heteroatoms. The summed E-state index contributed by atoms with van der Waals surface area (Å²) in [4.78, 5) is 11.2. The number of sulfonamides is 1. The van der Waals surface area contributed by atoms with Crippen LogP contribution in [0.25, 0.3) is 0 Å². The summed E-state index contributed by atoms with van der Waals surface area (Å²) in [5, 5.41) is 10.8. The van der Waals surface area contributed by atoms with Crippen molar-refractivity contribution < 1.29 is 23.1 Å². The van der Waals surface area contributed by atoms with Gasteiger partial charge in [-0.1, -0.05) is 0 Å². The van der Waals surface area contributed by atoms with Crippen LogP contribution in [0.15, 0.2) is 20.1 Å². The second kappa shape index (κ2) is 4.89. The van der Waals surface area contributed by atoms with Crippen molar-refractivity contribution in [1.82, 2.24) is 4.72 Å². The fraction of sp³-hybridized carbons (Fsp3) is 0.444. The fourth-order valence-corrected chi connectivity index (χ4v) is 5.35. The van der Waals surface area contributed by atoms with E-state index in [0.717, 1.165) is 11.3 Å². The van der Waals surface area contributed by atoms with Gasteiger partial charge >= 0.3 is 5.97 Å². The summed E-state index contributed by atoms with van der Waals surface area (Å²) in [5.41, 5.74) is -1.57. The lowest BCUT2D eigenvalue weighted by atomic mass is 10.0. The predicted molar refractivity (Wildman–Crippen MR) is 68.1 cm³/mol. The summed E-state index contributed by atoms with van der Waals surface area (Å²) in [6.07, 6.45) is 0.116. The largest absolute Gasteiger partial charge is 0.480 e. The normalized spacial score (nSPS) is 24.3. The van der Waals surface area contributed by atoms with Crippen molar-refractivity contribution in [1.29, 1.82) is 0 Å². The van der Waals surface area contributed by atoms with Crippen LogP contribution in [0.4, 0.5) is 0 Å². The maximum atomic E-state index is 12.1. The minimum Gasteiger partial charge on any atom is -0.480 e. The van der Waals surface area contributed by atoms with Crippen LogP contribution in [0, 0.1) is 0 Å². The van der Waals surface area contributed by atoms with Gasteiger partial charge in [0.15, 0.2) is 5.54 Å². The smallest absolute Gasteiger partial charge is 0.327 e. The summed E-state index contributed by atoms with van der Waals surface area (Å²) in [6, 6.07) is 1.60. The molecule has 1 aromatic rings. The van der Waals surface area contributed by atoms with E-state index >= 15 is 0 Å². The average molecular weight is 356 g/mol. The number of halogens is 1. The molecular weight excluding hydrogens is 346 g/mol. The van der Waals surface area contributed by atoms with Gasteiger partial charge in [-0.2, -0.15) is 4.72 Å². The molecule has 1 unspecified atom stereocenters. The molecule has 0 aromatic carbocycles. The van der Waals surface area contributed by atoms with Crippen LogP contribution in [0.5, 0.6) is 0 Å². The van der Waals surface area contributed by atoms with Gasteiger partial charge in [-0.3, -0.25) is 4.79 Å². The molecule has 0 saturated carbocycles. The number of rotatable bonds is 4. The predicted octanol–water partition coefficient (Wildman–Crippen LogP) is 1.03. The van der Waals surface area contributed by atoms with E-state index in [2.05, 4.69) is 20.7 Å². The highest BCUT2D eigenvalue weighted by Crippen LogP contribution is 2.30. The Morgan fingerprint density at radius 1 is 1.61 bits per heavy atom. The molecule has 6 nitrogen and oxygen atoms in total. The Morgan fingerprint density at radius 2 is 2.33 bits per heavy atom. The van der Waals surface area contributed by atoms with Crippen molar-refractivity contribution in [2.75, 3.05) is 13.2 Å². The quantitative estimate of drug-likeness (QED) is 0.841. The number of ether oxygens (including phenoxy) is 1. The summed E-state index contributed by atoms with van der Waals surface area (Å²) >= 11 is 4.14. The SMILES string of the molecule is O=C(O)C1(NS(=O)(=O)c2sccc2Br)CCOC1. The standard InChI is InChI=1S/C9H10BrNO5S2/c10-6-1-4-17-7(6)18(14,15)11-9(8(12)13)2-3-16-5-9/h1,4,11H,2-3,5H2,(H,12,13). The van der Waals surface area contributed by atoms with Crippen molar-refractivity contribution in [2.24, 2.45) is 0 Å². The Balaban J connectivity index is 2.33. The number of aliphatic carboxylic acids is 1. The van der Waals surface area contributed by atoms with Crippen LogP contribution in [0.2, 0.25) is 0 Å². The highest BCUT2D eigenvalue weighted by Gasteiger charge is 2.46. The lowest BCUT2D eigenvalue weighted by Gasteiger charge is -2.23. The fourth-order valence-electron chi connectivity index (χ4n) is 1.63. The van der Waals surface area contributed by atoms with Gasteiger partial charge in [-0.25, -0.2) is 8.42 Å². The molecule has 1 atom stereocenters. The first-order chi connectivity index (χ1) is 8.37. The molecule has 2 heterocycles. The number of nitrogens with one attached hydrogen (secondary N) is 1. The van der Waals surface area contributed by atoms with Crippen molar-refractivity contribution in [3.63, 3.8) is 0 Å². The van der Waals surface area contributed by atoms with Crippen LogP contribution in [-0.4, -0.2) is 38.2 Å². The van der Waals surface area contributed by atoms with Crippen LogP contribution >= 0.6 is 27.3 Å². The van der Waals surface area contributed by atoms with Gasteiger partial charge in [-0.15, -0.1) is 11.3 Å². The van der Waals surface area contributed by atoms with E-state index in [1.54, 1.807) is 11.4 Å². The number of carboxylic acid groups (broad SMARTS) is 1. The van der Waals surface area contributed by atoms with E-state index < -0.39 is 21.5 Å². The second-order valence-electron chi connectivity index (χ2n) is 3.85. The summed E-state index contributed by atoms with van der Waals surface area (Å²) in [7, 11) is -3.87. The molecule has 18 heavy (non-hydrogen) atoms. The van der Waals surface area contributed by atoms with E-state index in [0.29, 0.717) is 4.47 Å². The van der Waals surface area contributed by atoms with Crippen molar-refractivity contribution in [2.45, 2.75) is 16.2 Å². The highest BCUT2D eigenvalue weighted by molar-refractivity contribution is 9.10. The zero-order valence-corrected chi connectivity index (χ0v) is 12.3. The Kier molecular flexibility index (Phi) is 3.79. The lowest BCUT2D eigenvalue weighted by molar-refractivity contribution is -0.144. The van der Waals surface area contributed by atoms with Gasteiger partial charge in [0.25, 0.3) is 10.0 Å². The molecule has 1 aromatic heterocycles. The molecule has 0 amide bonds. The minimum atomic E-state index is -3.87.